The number of hydrogen-bond donors (Lipinski definition) is 2. The fourth-order valence-corrected chi connectivity index (χ4v) is 2.55. The van der Waals surface area contributed by atoms with Crippen LogP contribution in [0.1, 0.15) is 22.0 Å². The highest BCUT2D eigenvalue weighted by molar-refractivity contribution is 5.90. The van der Waals surface area contributed by atoms with Gasteiger partial charge in [0.15, 0.2) is 5.82 Å². The second kappa shape index (κ2) is 5.63. The monoisotopic (exact) mass is 301 g/mol. The number of hydrogen-bond acceptors (Lipinski definition) is 6. The highest BCUT2D eigenvalue weighted by atomic mass is 16.2. The summed E-state index contributed by atoms with van der Waals surface area (Å²) in [5.41, 5.74) is 7.42. The highest BCUT2D eigenvalue weighted by Crippen LogP contribution is 2.16. The molecule has 116 valence electrons. The van der Waals surface area contributed by atoms with Crippen molar-refractivity contribution >= 4 is 17.7 Å². The number of nitrogens with zero attached hydrogens (tertiary/aromatic N) is 5. The Morgan fingerprint density at radius 3 is 2.55 bits per heavy atom. The van der Waals surface area contributed by atoms with E-state index in [1.807, 2.05) is 19.9 Å². The van der Waals surface area contributed by atoms with Gasteiger partial charge in [0.05, 0.1) is 0 Å². The van der Waals surface area contributed by atoms with Gasteiger partial charge in [0.2, 0.25) is 5.95 Å². The molecule has 3 N–H and O–H groups in total. The molecule has 2 aromatic heterocycles. The first-order valence-electron chi connectivity index (χ1n) is 7.20. The average Bonchev–Trinajstić information content (AvgIpc) is 2.92. The summed E-state index contributed by atoms with van der Waals surface area (Å²) in [5.74, 6) is 1.42. The Bertz CT molecular complexity index is 668. The van der Waals surface area contributed by atoms with Crippen molar-refractivity contribution in [2.45, 2.75) is 13.8 Å². The van der Waals surface area contributed by atoms with E-state index in [4.69, 9.17) is 5.73 Å². The number of carbonyl (C=O) groups excluding carboxylic acids is 1. The zero-order valence-corrected chi connectivity index (χ0v) is 12.7. The van der Waals surface area contributed by atoms with Crippen LogP contribution in [0.3, 0.4) is 0 Å². The first kappa shape index (κ1) is 14.3. The first-order valence-corrected chi connectivity index (χ1v) is 7.20. The molecule has 22 heavy (non-hydrogen) atoms. The van der Waals surface area contributed by atoms with Crippen LogP contribution in [0.5, 0.6) is 0 Å². The predicted octanol–water partition coefficient (Wildman–Crippen LogP) is 0.361. The standard InChI is InChI=1S/C14H19N7O/c1-9-7-11(19-14(15)18-9)20-3-5-21(6-4-20)13(22)12-16-8-10(2)17-12/h7-8H,3-6H2,1-2H3,(H,16,17)(H2,15,18,19). The molecule has 1 fully saturated rings. The molecule has 3 heterocycles. The molecule has 0 unspecified atom stereocenters. The molecule has 1 aliphatic rings. The third kappa shape index (κ3) is 2.85. The number of nitrogen functional groups attached to an aromatic ring is 1. The normalized spacial score (nSPS) is 15.2. The maximum Gasteiger partial charge on any atom is 0.289 e. The number of H-pyrrole nitrogens is 1. The van der Waals surface area contributed by atoms with E-state index in [9.17, 15) is 4.79 Å². The van der Waals surface area contributed by atoms with Gasteiger partial charge in [-0.2, -0.15) is 4.98 Å². The van der Waals surface area contributed by atoms with E-state index in [0.717, 1.165) is 17.2 Å². The number of aromatic amines is 1. The van der Waals surface area contributed by atoms with E-state index in [0.29, 0.717) is 32.0 Å². The van der Waals surface area contributed by atoms with E-state index in [1.54, 1.807) is 11.1 Å². The molecule has 0 aliphatic carbocycles. The highest BCUT2D eigenvalue weighted by Gasteiger charge is 2.24. The van der Waals surface area contributed by atoms with Gasteiger partial charge in [-0.1, -0.05) is 0 Å². The lowest BCUT2D eigenvalue weighted by Crippen LogP contribution is -2.49. The Kier molecular flexibility index (Phi) is 3.66. The molecule has 1 saturated heterocycles. The van der Waals surface area contributed by atoms with E-state index in [1.165, 1.54) is 0 Å². The zero-order valence-electron chi connectivity index (χ0n) is 12.7. The lowest BCUT2D eigenvalue weighted by atomic mass is 10.3. The molecule has 2 aromatic rings. The van der Waals surface area contributed by atoms with Gasteiger partial charge in [-0.25, -0.2) is 9.97 Å². The summed E-state index contributed by atoms with van der Waals surface area (Å²) in [6.45, 7) is 6.44. The van der Waals surface area contributed by atoms with Gasteiger partial charge in [-0.3, -0.25) is 4.79 Å². The smallest absolute Gasteiger partial charge is 0.289 e. The van der Waals surface area contributed by atoms with Crippen LogP contribution in [0.25, 0.3) is 0 Å². The van der Waals surface area contributed by atoms with E-state index in [2.05, 4.69) is 24.8 Å². The predicted molar refractivity (Wildman–Crippen MR) is 82.6 cm³/mol. The quantitative estimate of drug-likeness (QED) is 0.830. The van der Waals surface area contributed by atoms with Crippen molar-refractivity contribution < 1.29 is 4.79 Å². The fourth-order valence-electron chi connectivity index (χ4n) is 2.55. The van der Waals surface area contributed by atoms with Gasteiger partial charge < -0.3 is 20.5 Å². The lowest BCUT2D eigenvalue weighted by Gasteiger charge is -2.35. The van der Waals surface area contributed by atoms with Crippen molar-refractivity contribution in [1.82, 2.24) is 24.8 Å². The summed E-state index contributed by atoms with van der Waals surface area (Å²) in [5, 5.41) is 0. The molecule has 0 radical (unpaired) electrons. The van der Waals surface area contributed by atoms with Gasteiger partial charge in [0.25, 0.3) is 5.91 Å². The van der Waals surface area contributed by atoms with Crippen LogP contribution in [-0.2, 0) is 0 Å². The first-order chi connectivity index (χ1) is 10.5. The topological polar surface area (TPSA) is 104 Å². The van der Waals surface area contributed by atoms with Gasteiger partial charge in [0.1, 0.15) is 5.82 Å². The minimum absolute atomic E-state index is 0.0638. The molecule has 8 nitrogen and oxygen atoms in total. The van der Waals surface area contributed by atoms with Crippen LogP contribution < -0.4 is 10.6 Å². The molecule has 0 atom stereocenters. The number of aryl methyl sites for hydroxylation is 2. The average molecular weight is 301 g/mol. The van der Waals surface area contributed by atoms with Gasteiger partial charge in [-0.15, -0.1) is 0 Å². The van der Waals surface area contributed by atoms with Crippen LogP contribution in [0, 0.1) is 13.8 Å². The number of piperazine rings is 1. The van der Waals surface area contributed by atoms with Crippen molar-refractivity contribution in [2.24, 2.45) is 0 Å². The number of nitrogens with one attached hydrogen (secondary N) is 1. The largest absolute Gasteiger partial charge is 0.368 e. The van der Waals surface area contributed by atoms with E-state index in [-0.39, 0.29) is 11.9 Å². The summed E-state index contributed by atoms with van der Waals surface area (Å²) in [6, 6.07) is 1.91. The third-order valence-electron chi connectivity index (χ3n) is 3.65. The van der Waals surface area contributed by atoms with Crippen LogP contribution in [0.4, 0.5) is 11.8 Å². The zero-order chi connectivity index (χ0) is 15.7. The van der Waals surface area contributed by atoms with Crippen LogP contribution >= 0.6 is 0 Å². The second-order valence-corrected chi connectivity index (χ2v) is 5.42. The maximum absolute atomic E-state index is 12.3. The minimum Gasteiger partial charge on any atom is -0.368 e. The number of carbonyl (C=O) groups is 1. The number of imidazole rings is 1. The Morgan fingerprint density at radius 2 is 1.95 bits per heavy atom. The number of rotatable bonds is 2. The SMILES string of the molecule is Cc1cc(N2CCN(C(=O)c3ncc(C)[nH]3)CC2)nc(N)n1. The maximum atomic E-state index is 12.3. The molecular formula is C14H19N7O. The molecule has 1 aliphatic heterocycles. The Hall–Kier alpha value is -2.64. The lowest BCUT2D eigenvalue weighted by molar-refractivity contribution is 0.0735. The molecule has 0 aromatic carbocycles. The Labute approximate surface area is 128 Å². The summed E-state index contributed by atoms with van der Waals surface area (Å²) in [4.78, 5) is 31.7. The summed E-state index contributed by atoms with van der Waals surface area (Å²) in [7, 11) is 0. The molecular weight excluding hydrogens is 282 g/mol. The Morgan fingerprint density at radius 1 is 1.23 bits per heavy atom. The van der Waals surface area contributed by atoms with Crippen molar-refractivity contribution in [3.63, 3.8) is 0 Å². The van der Waals surface area contributed by atoms with Gasteiger partial charge >= 0.3 is 0 Å². The molecule has 0 bridgehead atoms. The second-order valence-electron chi connectivity index (χ2n) is 5.42. The van der Waals surface area contributed by atoms with Crippen molar-refractivity contribution in [3.05, 3.63) is 29.5 Å². The van der Waals surface area contributed by atoms with Gasteiger partial charge in [-0.05, 0) is 13.8 Å². The summed E-state index contributed by atoms with van der Waals surface area (Å²) >= 11 is 0. The number of nitrogens with two attached hydrogens (primary N) is 1. The van der Waals surface area contributed by atoms with Crippen molar-refractivity contribution in [1.29, 1.82) is 0 Å². The number of amides is 1. The van der Waals surface area contributed by atoms with Crippen LogP contribution in [0.2, 0.25) is 0 Å². The van der Waals surface area contributed by atoms with E-state index >= 15 is 0 Å². The third-order valence-corrected chi connectivity index (χ3v) is 3.65. The molecule has 0 saturated carbocycles. The fraction of sp³-hybridized carbons (Fsp3) is 0.429. The molecule has 1 amide bonds. The minimum atomic E-state index is -0.0638. The van der Waals surface area contributed by atoms with Crippen molar-refractivity contribution in [2.75, 3.05) is 36.8 Å². The molecule has 8 heteroatoms. The number of aromatic nitrogens is 4. The van der Waals surface area contributed by atoms with Crippen LogP contribution in [-0.4, -0.2) is 56.9 Å². The molecule has 3 rings (SSSR count). The van der Waals surface area contributed by atoms with Crippen molar-refractivity contribution in [3.8, 4) is 0 Å². The number of anilines is 2. The summed E-state index contributed by atoms with van der Waals surface area (Å²) in [6.07, 6.45) is 1.66. The summed E-state index contributed by atoms with van der Waals surface area (Å²) < 4.78 is 0. The molecule has 0 spiro atoms. The van der Waals surface area contributed by atoms with Crippen LogP contribution in [0.15, 0.2) is 12.3 Å². The Balaban J connectivity index is 1.66. The van der Waals surface area contributed by atoms with Gasteiger partial charge in [0, 0.05) is 49.8 Å². The van der Waals surface area contributed by atoms with E-state index < -0.39 is 0 Å².